The summed E-state index contributed by atoms with van der Waals surface area (Å²) in [6.07, 6.45) is 1.42. The van der Waals surface area contributed by atoms with E-state index in [9.17, 15) is 21.2 Å². The summed E-state index contributed by atoms with van der Waals surface area (Å²) in [6.45, 7) is 2.31. The molecular formula is C24H22FN3O6S2. The van der Waals surface area contributed by atoms with E-state index in [1.165, 1.54) is 34.8 Å². The minimum Gasteiger partial charge on any atom is -0.459 e. The van der Waals surface area contributed by atoms with Gasteiger partial charge in [0.25, 0.3) is 5.89 Å². The molecule has 12 heteroatoms. The standard InChI is InChI=1S/C24H22FN3O6S2/c1-17-4-8-19(9-5-17)35(29,30)23-24(34-22(26-23)21-3-2-16-33-21)27-12-14-28(15-13-27)36(31,32)20-10-6-18(25)7-11-20/h2-11,16H,12-15H2,1H3. The molecule has 0 unspecified atom stereocenters. The third-order valence-electron chi connectivity index (χ3n) is 5.87. The first kappa shape index (κ1) is 24.2. The number of oxazole rings is 1. The molecule has 188 valence electrons. The fourth-order valence-corrected chi connectivity index (χ4v) is 6.64. The number of piperazine rings is 1. The van der Waals surface area contributed by atoms with Gasteiger partial charge in [0.15, 0.2) is 5.76 Å². The molecule has 1 aliphatic heterocycles. The van der Waals surface area contributed by atoms with Gasteiger partial charge in [-0.05, 0) is 55.5 Å². The summed E-state index contributed by atoms with van der Waals surface area (Å²) >= 11 is 0. The molecule has 5 rings (SSSR count). The van der Waals surface area contributed by atoms with E-state index >= 15 is 0 Å². The predicted octanol–water partition coefficient (Wildman–Crippen LogP) is 3.73. The van der Waals surface area contributed by atoms with E-state index in [0.717, 1.165) is 17.7 Å². The smallest absolute Gasteiger partial charge is 0.266 e. The maximum Gasteiger partial charge on any atom is 0.266 e. The van der Waals surface area contributed by atoms with Crippen LogP contribution in [0.5, 0.6) is 0 Å². The Labute approximate surface area is 207 Å². The fourth-order valence-electron chi connectivity index (χ4n) is 3.89. The summed E-state index contributed by atoms with van der Waals surface area (Å²) in [7, 11) is -7.89. The van der Waals surface area contributed by atoms with E-state index in [2.05, 4.69) is 4.98 Å². The lowest BCUT2D eigenvalue weighted by molar-refractivity contribution is 0.372. The lowest BCUT2D eigenvalue weighted by Gasteiger charge is -2.33. The molecule has 4 aromatic rings. The van der Waals surface area contributed by atoms with Gasteiger partial charge < -0.3 is 13.7 Å². The van der Waals surface area contributed by atoms with Crippen LogP contribution in [0.3, 0.4) is 0 Å². The Hall–Kier alpha value is -3.48. The summed E-state index contributed by atoms with van der Waals surface area (Å²) in [5, 5.41) is -0.271. The number of anilines is 1. The zero-order chi connectivity index (χ0) is 25.5. The van der Waals surface area contributed by atoms with E-state index in [0.29, 0.717) is 0 Å². The topological polar surface area (TPSA) is 114 Å². The van der Waals surface area contributed by atoms with Crippen LogP contribution in [0.4, 0.5) is 10.3 Å². The largest absolute Gasteiger partial charge is 0.459 e. The van der Waals surface area contributed by atoms with Gasteiger partial charge >= 0.3 is 0 Å². The number of sulfone groups is 1. The lowest BCUT2D eigenvalue weighted by Crippen LogP contribution is -2.48. The number of rotatable bonds is 6. The molecule has 0 saturated carbocycles. The summed E-state index contributed by atoms with van der Waals surface area (Å²) in [5.74, 6) is -0.249. The second kappa shape index (κ2) is 9.19. The molecule has 2 aromatic heterocycles. The van der Waals surface area contributed by atoms with Crippen molar-refractivity contribution in [2.75, 3.05) is 31.1 Å². The van der Waals surface area contributed by atoms with E-state index in [1.54, 1.807) is 29.2 Å². The van der Waals surface area contributed by atoms with Gasteiger partial charge in [-0.1, -0.05) is 17.7 Å². The monoisotopic (exact) mass is 531 g/mol. The first-order chi connectivity index (χ1) is 17.2. The van der Waals surface area contributed by atoms with Crippen LogP contribution >= 0.6 is 0 Å². The highest BCUT2D eigenvalue weighted by Gasteiger charge is 2.35. The molecule has 0 radical (unpaired) electrons. The molecule has 1 fully saturated rings. The van der Waals surface area contributed by atoms with Gasteiger partial charge in [-0.15, -0.1) is 0 Å². The zero-order valence-electron chi connectivity index (χ0n) is 19.2. The first-order valence-electron chi connectivity index (χ1n) is 11.0. The Morgan fingerprint density at radius 2 is 1.50 bits per heavy atom. The van der Waals surface area contributed by atoms with Crippen molar-refractivity contribution in [3.8, 4) is 11.7 Å². The number of hydrogen-bond donors (Lipinski definition) is 0. The van der Waals surface area contributed by atoms with Gasteiger partial charge in [0, 0.05) is 26.2 Å². The van der Waals surface area contributed by atoms with Gasteiger partial charge in [-0.25, -0.2) is 21.2 Å². The maximum atomic E-state index is 13.5. The summed E-state index contributed by atoms with van der Waals surface area (Å²) < 4.78 is 78.7. The highest BCUT2D eigenvalue weighted by atomic mass is 32.2. The zero-order valence-corrected chi connectivity index (χ0v) is 20.8. The van der Waals surface area contributed by atoms with Gasteiger partial charge in [0.1, 0.15) is 5.82 Å². The Morgan fingerprint density at radius 1 is 0.861 bits per heavy atom. The minimum atomic E-state index is -4.05. The highest BCUT2D eigenvalue weighted by Crippen LogP contribution is 2.35. The molecule has 1 saturated heterocycles. The number of furan rings is 1. The number of sulfonamides is 1. The van der Waals surface area contributed by atoms with Crippen LogP contribution in [0.1, 0.15) is 5.56 Å². The van der Waals surface area contributed by atoms with Crippen LogP contribution in [-0.2, 0) is 19.9 Å². The number of hydrogen-bond acceptors (Lipinski definition) is 8. The van der Waals surface area contributed by atoms with E-state index in [1.807, 2.05) is 6.92 Å². The van der Waals surface area contributed by atoms with Crippen molar-refractivity contribution in [3.63, 3.8) is 0 Å². The maximum absolute atomic E-state index is 13.5. The van der Waals surface area contributed by atoms with E-state index in [-0.39, 0.29) is 58.5 Å². The number of aromatic nitrogens is 1. The number of benzene rings is 2. The minimum absolute atomic E-state index is 0.00190. The van der Waals surface area contributed by atoms with Crippen LogP contribution < -0.4 is 4.90 Å². The molecule has 0 N–H and O–H groups in total. The molecule has 0 bridgehead atoms. The average molecular weight is 532 g/mol. The van der Waals surface area contributed by atoms with Crippen molar-refractivity contribution in [3.05, 3.63) is 78.3 Å². The van der Waals surface area contributed by atoms with Crippen LogP contribution in [0, 0.1) is 12.7 Å². The highest BCUT2D eigenvalue weighted by molar-refractivity contribution is 7.91. The average Bonchev–Trinajstić information content (AvgIpc) is 3.55. The molecule has 2 aromatic carbocycles. The summed E-state index contributed by atoms with van der Waals surface area (Å²) in [5.41, 5.74) is 0.907. The van der Waals surface area contributed by atoms with Gasteiger partial charge in [-0.2, -0.15) is 9.29 Å². The third kappa shape index (κ3) is 4.43. The first-order valence-corrected chi connectivity index (χ1v) is 14.0. The van der Waals surface area contributed by atoms with E-state index < -0.39 is 25.7 Å². The van der Waals surface area contributed by atoms with Crippen molar-refractivity contribution in [1.82, 2.24) is 9.29 Å². The van der Waals surface area contributed by atoms with Crippen LogP contribution in [0.25, 0.3) is 11.7 Å². The Balaban J connectivity index is 1.46. The lowest BCUT2D eigenvalue weighted by atomic mass is 10.2. The predicted molar refractivity (Wildman–Crippen MR) is 128 cm³/mol. The molecule has 0 aliphatic carbocycles. The van der Waals surface area contributed by atoms with Crippen molar-refractivity contribution in [1.29, 1.82) is 0 Å². The van der Waals surface area contributed by atoms with Crippen LogP contribution in [0.2, 0.25) is 0 Å². The van der Waals surface area contributed by atoms with Gasteiger partial charge in [0.2, 0.25) is 30.8 Å². The van der Waals surface area contributed by atoms with Crippen LogP contribution in [-0.4, -0.2) is 52.3 Å². The molecule has 0 atom stereocenters. The number of aryl methyl sites for hydroxylation is 1. The number of halogens is 1. The Morgan fingerprint density at radius 3 is 2.11 bits per heavy atom. The molecule has 3 heterocycles. The fraction of sp³-hybridized carbons (Fsp3) is 0.208. The van der Waals surface area contributed by atoms with Crippen molar-refractivity contribution >= 4 is 25.7 Å². The number of nitrogens with zero attached hydrogens (tertiary/aromatic N) is 3. The van der Waals surface area contributed by atoms with Gasteiger partial charge in [-0.3, -0.25) is 0 Å². The Kier molecular flexibility index (Phi) is 6.18. The molecule has 1 aliphatic rings. The second-order valence-electron chi connectivity index (χ2n) is 8.27. The SMILES string of the molecule is Cc1ccc(S(=O)(=O)c2nc(-c3ccco3)oc2N2CCN(S(=O)(=O)c3ccc(F)cc3)CC2)cc1. The summed E-state index contributed by atoms with van der Waals surface area (Å²) in [6, 6.07) is 14.2. The normalized spacial score (nSPS) is 15.3. The van der Waals surface area contributed by atoms with Crippen LogP contribution in [0.15, 0.2) is 90.6 Å². The molecule has 9 nitrogen and oxygen atoms in total. The second-order valence-corrected chi connectivity index (χ2v) is 12.1. The molecule has 36 heavy (non-hydrogen) atoms. The molecule has 0 spiro atoms. The van der Waals surface area contributed by atoms with Gasteiger partial charge in [0.05, 0.1) is 16.1 Å². The van der Waals surface area contributed by atoms with Crippen molar-refractivity contribution in [2.45, 2.75) is 21.7 Å². The quantitative estimate of drug-likeness (QED) is 0.370. The molecular weight excluding hydrogens is 509 g/mol. The summed E-state index contributed by atoms with van der Waals surface area (Å²) in [4.78, 5) is 5.96. The van der Waals surface area contributed by atoms with E-state index in [4.69, 9.17) is 8.83 Å². The molecule has 0 amide bonds. The third-order valence-corrected chi connectivity index (χ3v) is 9.46. The van der Waals surface area contributed by atoms with Crippen molar-refractivity contribution in [2.24, 2.45) is 0 Å². The Bertz CT molecular complexity index is 1570. The van der Waals surface area contributed by atoms with Crippen molar-refractivity contribution < 1.29 is 30.1 Å².